The topological polar surface area (TPSA) is 0 Å². The van der Waals surface area contributed by atoms with Gasteiger partial charge in [-0.1, -0.05) is 204 Å². The van der Waals surface area contributed by atoms with Gasteiger partial charge in [-0.3, -0.25) is 0 Å². The molecule has 4 heteroatoms. The number of hydrogen-bond donors (Lipinski definition) is 0. The Hall–Kier alpha value is -2.22. The van der Waals surface area contributed by atoms with E-state index in [9.17, 15) is 0 Å². The zero-order valence-electron chi connectivity index (χ0n) is 41.5. The van der Waals surface area contributed by atoms with Gasteiger partial charge in [-0.25, -0.2) is 0 Å². The van der Waals surface area contributed by atoms with Crippen molar-refractivity contribution in [2.45, 2.75) is 182 Å². The van der Waals surface area contributed by atoms with Gasteiger partial charge in [-0.15, -0.1) is 69.1 Å². The van der Waals surface area contributed by atoms with E-state index >= 15 is 0 Å². The van der Waals surface area contributed by atoms with Crippen LogP contribution >= 0.6 is 17.0 Å². The third-order valence-electron chi connectivity index (χ3n) is 14.7. The predicted molar refractivity (Wildman–Crippen MR) is 285 cm³/mol. The number of fused-ring (bicyclic) bond motifs is 2. The van der Waals surface area contributed by atoms with Crippen LogP contribution in [0.2, 0.25) is 13.1 Å². The second-order valence-corrected chi connectivity index (χ2v) is 26.2. The van der Waals surface area contributed by atoms with Gasteiger partial charge in [0, 0.05) is 9.52 Å². The molecule has 0 heterocycles. The minimum atomic E-state index is -0.826. The van der Waals surface area contributed by atoms with Crippen molar-refractivity contribution < 1.29 is 20.8 Å². The van der Waals surface area contributed by atoms with Gasteiger partial charge in [0.15, 0.2) is 0 Å². The summed E-state index contributed by atoms with van der Waals surface area (Å²) in [4.78, 5) is 0. The SMILES string of the molecule is CCC1(Cc2cc3c(-c4ccc(C(C)(C)C)cc4)cccc3[cH-]2)CCCCCC1.CCC1(Cc2cc3c(-c4ccc(C(C)(C)C)cc4)cccc3[cH-]2)CCCCCC1.C[Si]C.[Cl][Zr+2][Cl]. The maximum atomic E-state index is 4.93. The number of hydrogen-bond acceptors (Lipinski definition) is 0. The van der Waals surface area contributed by atoms with Crippen molar-refractivity contribution in [3.05, 3.63) is 131 Å². The second kappa shape index (κ2) is 24.7. The van der Waals surface area contributed by atoms with Gasteiger partial charge in [-0.2, -0.15) is 12.1 Å². The number of rotatable bonds is 8. The van der Waals surface area contributed by atoms with Crippen LogP contribution in [0.5, 0.6) is 0 Å². The third-order valence-corrected chi connectivity index (χ3v) is 14.7. The molecule has 8 rings (SSSR count). The Morgan fingerprint density at radius 3 is 1.11 bits per heavy atom. The number of benzene rings is 4. The quantitative estimate of drug-likeness (QED) is 0.0810. The summed E-state index contributed by atoms with van der Waals surface area (Å²) in [7, 11) is 11.0. The molecule has 0 amide bonds. The van der Waals surface area contributed by atoms with Crippen molar-refractivity contribution in [1.29, 1.82) is 0 Å². The summed E-state index contributed by atoms with van der Waals surface area (Å²) >= 11 is -0.826. The zero-order chi connectivity index (χ0) is 46.4. The molecule has 6 aromatic rings. The predicted octanol–water partition coefficient (Wildman–Crippen LogP) is 19.8. The van der Waals surface area contributed by atoms with Gasteiger partial charge in [0.25, 0.3) is 0 Å². The van der Waals surface area contributed by atoms with Crippen molar-refractivity contribution in [2.75, 3.05) is 0 Å². The molecule has 0 nitrogen and oxygen atoms in total. The summed E-state index contributed by atoms with van der Waals surface area (Å²) in [5, 5.41) is 5.64. The van der Waals surface area contributed by atoms with Crippen LogP contribution < -0.4 is 0 Å². The van der Waals surface area contributed by atoms with Crippen LogP contribution in [0, 0.1) is 10.8 Å². The summed E-state index contributed by atoms with van der Waals surface area (Å²) in [6.07, 6.45) is 22.2. The summed E-state index contributed by atoms with van der Waals surface area (Å²) in [6.45, 7) is 22.8. The Bertz CT molecular complexity index is 2100. The van der Waals surface area contributed by atoms with E-state index in [-0.39, 0.29) is 10.8 Å². The first kappa shape index (κ1) is 52.7. The summed E-state index contributed by atoms with van der Waals surface area (Å²) in [6, 6.07) is 41.9. The van der Waals surface area contributed by atoms with Crippen LogP contribution in [0.3, 0.4) is 0 Å². The molecule has 6 aromatic carbocycles. The Kier molecular flexibility index (Phi) is 20.4. The minimum absolute atomic E-state index is 0.200. The standard InChI is InChI=1S/2C29H37.C2H6Si.2ClH.Zr/c2*1-5-29(17-8-6-7-9-18-29)21-22-19-24-11-10-12-26(27(24)20-22)23-13-15-25(16-14-23)28(2,3)4;1-3-2;;;/h2*10-16,19-20H,5-9,17-18,21H2,1-4H3;1-2H3;2*1H;/q2*-1;;;;+4/p-2. The van der Waals surface area contributed by atoms with Gasteiger partial charge in [0.1, 0.15) is 0 Å². The fourth-order valence-electron chi connectivity index (χ4n) is 10.7. The Morgan fingerprint density at radius 2 is 0.828 bits per heavy atom. The van der Waals surface area contributed by atoms with E-state index in [4.69, 9.17) is 17.0 Å². The molecule has 2 saturated carbocycles. The van der Waals surface area contributed by atoms with Gasteiger partial charge >= 0.3 is 37.9 Å². The molecule has 2 aliphatic rings. The van der Waals surface area contributed by atoms with Crippen LogP contribution in [-0.2, 0) is 44.5 Å². The van der Waals surface area contributed by atoms with E-state index in [0.717, 1.165) is 9.52 Å². The van der Waals surface area contributed by atoms with Crippen molar-refractivity contribution in [3.8, 4) is 22.3 Å². The first-order chi connectivity index (χ1) is 30.6. The second-order valence-electron chi connectivity index (χ2n) is 21.5. The van der Waals surface area contributed by atoms with Crippen LogP contribution in [-0.4, -0.2) is 9.52 Å². The first-order valence-electron chi connectivity index (χ1n) is 24.8. The third kappa shape index (κ3) is 14.4. The zero-order valence-corrected chi connectivity index (χ0v) is 46.4. The molecule has 2 aliphatic carbocycles. The molecule has 0 aromatic heterocycles. The fourth-order valence-corrected chi connectivity index (χ4v) is 10.7. The molecule has 0 bridgehead atoms. The van der Waals surface area contributed by atoms with E-state index < -0.39 is 20.8 Å². The molecule has 64 heavy (non-hydrogen) atoms. The molecular weight excluding hydrogens is 911 g/mol. The van der Waals surface area contributed by atoms with Gasteiger partial charge in [0.05, 0.1) is 0 Å². The fraction of sp³-hybridized carbons (Fsp3) is 0.500. The van der Waals surface area contributed by atoms with Crippen molar-refractivity contribution >= 4 is 48.1 Å². The number of halogens is 2. The van der Waals surface area contributed by atoms with Gasteiger partial charge in [-0.05, 0) is 82.4 Å². The van der Waals surface area contributed by atoms with Crippen LogP contribution in [0.4, 0.5) is 0 Å². The normalized spacial score (nSPS) is 16.2. The summed E-state index contributed by atoms with van der Waals surface area (Å²) in [5.74, 6) is 0. The molecule has 2 radical (unpaired) electrons. The first-order valence-corrected chi connectivity index (χ1v) is 33.1. The molecule has 0 aliphatic heterocycles. The van der Waals surface area contributed by atoms with Crippen molar-refractivity contribution in [2.24, 2.45) is 10.8 Å². The molecule has 342 valence electrons. The Balaban J connectivity index is 0.000000215. The molecule has 0 unspecified atom stereocenters. The molecule has 0 atom stereocenters. The van der Waals surface area contributed by atoms with E-state index in [1.54, 1.807) is 11.1 Å². The average Bonchev–Trinajstić information content (AvgIpc) is 3.70. The molecule has 0 saturated heterocycles. The van der Waals surface area contributed by atoms with Crippen LogP contribution in [0.25, 0.3) is 43.8 Å². The van der Waals surface area contributed by atoms with E-state index in [1.165, 1.54) is 158 Å². The molecular formula is C60H80Cl2SiZr. The average molecular weight is 992 g/mol. The summed E-state index contributed by atoms with van der Waals surface area (Å²) < 4.78 is 0. The van der Waals surface area contributed by atoms with Crippen LogP contribution in [0.1, 0.15) is 168 Å². The van der Waals surface area contributed by atoms with E-state index in [2.05, 4.69) is 178 Å². The van der Waals surface area contributed by atoms with E-state index in [1.807, 2.05) is 0 Å². The monoisotopic (exact) mass is 988 g/mol. The Morgan fingerprint density at radius 1 is 0.516 bits per heavy atom. The molecule has 0 spiro atoms. The van der Waals surface area contributed by atoms with Crippen LogP contribution in [0.15, 0.2) is 109 Å². The maximum absolute atomic E-state index is 4.93. The van der Waals surface area contributed by atoms with Gasteiger partial charge < -0.3 is 0 Å². The van der Waals surface area contributed by atoms with E-state index in [0.29, 0.717) is 10.8 Å². The molecule has 0 N–H and O–H groups in total. The Labute approximate surface area is 412 Å². The molecule has 2 fully saturated rings. The van der Waals surface area contributed by atoms with Crippen molar-refractivity contribution in [1.82, 2.24) is 0 Å². The van der Waals surface area contributed by atoms with Crippen molar-refractivity contribution in [3.63, 3.8) is 0 Å². The van der Waals surface area contributed by atoms with Gasteiger partial charge in [0.2, 0.25) is 0 Å². The summed E-state index contributed by atoms with van der Waals surface area (Å²) in [5.41, 5.74) is 12.7.